The molecule has 4 nitrogen and oxygen atoms in total. The third-order valence-electron chi connectivity index (χ3n) is 1.96. The summed E-state index contributed by atoms with van der Waals surface area (Å²) in [6.45, 7) is 0.211. The van der Waals surface area contributed by atoms with Crippen LogP contribution in [0.2, 0.25) is 0 Å². The Morgan fingerprint density at radius 1 is 1.40 bits per heavy atom. The van der Waals surface area contributed by atoms with Crippen molar-refractivity contribution in [3.8, 4) is 5.75 Å². The second-order valence-electron chi connectivity index (χ2n) is 3.00. The standard InChI is InChI=1S/C9H13F2N3O/c1-14(5-13-12)8-3-7(11)9(15-2)4-6(8)10/h3-4,13H,5,12H2,1-2H3. The van der Waals surface area contributed by atoms with Gasteiger partial charge < -0.3 is 9.64 Å². The topological polar surface area (TPSA) is 50.5 Å². The summed E-state index contributed by atoms with van der Waals surface area (Å²) < 4.78 is 31.3. The number of hydrogen-bond donors (Lipinski definition) is 2. The first-order chi connectivity index (χ1) is 7.10. The minimum Gasteiger partial charge on any atom is -0.494 e. The molecule has 0 aromatic heterocycles. The number of ether oxygens (including phenoxy) is 1. The van der Waals surface area contributed by atoms with Gasteiger partial charge in [-0.2, -0.15) is 0 Å². The van der Waals surface area contributed by atoms with Gasteiger partial charge in [-0.25, -0.2) is 14.2 Å². The van der Waals surface area contributed by atoms with Crippen molar-refractivity contribution in [3.05, 3.63) is 23.8 Å². The van der Waals surface area contributed by atoms with Crippen LogP contribution in [0.4, 0.5) is 14.5 Å². The van der Waals surface area contributed by atoms with Crippen LogP contribution in [0.5, 0.6) is 5.75 Å². The van der Waals surface area contributed by atoms with E-state index >= 15 is 0 Å². The van der Waals surface area contributed by atoms with Crippen molar-refractivity contribution in [2.24, 2.45) is 5.84 Å². The SMILES string of the molecule is COc1cc(F)c(N(C)CNN)cc1F. The zero-order valence-electron chi connectivity index (χ0n) is 8.55. The summed E-state index contributed by atoms with van der Waals surface area (Å²) in [4.78, 5) is 1.44. The number of rotatable bonds is 4. The summed E-state index contributed by atoms with van der Waals surface area (Å²) in [6, 6.07) is 2.06. The summed E-state index contributed by atoms with van der Waals surface area (Å²) in [5.74, 6) is 3.78. The molecule has 0 aliphatic carbocycles. The number of nitrogens with two attached hydrogens (primary N) is 1. The maximum Gasteiger partial charge on any atom is 0.167 e. The Hall–Kier alpha value is -1.40. The van der Waals surface area contributed by atoms with Gasteiger partial charge in [0.05, 0.1) is 19.5 Å². The van der Waals surface area contributed by atoms with Crippen molar-refractivity contribution >= 4 is 5.69 Å². The fourth-order valence-electron chi connectivity index (χ4n) is 1.19. The molecule has 84 valence electrons. The molecule has 3 N–H and O–H groups in total. The number of hydrazine groups is 1. The smallest absolute Gasteiger partial charge is 0.167 e. The van der Waals surface area contributed by atoms with E-state index in [4.69, 9.17) is 5.84 Å². The van der Waals surface area contributed by atoms with Gasteiger partial charge in [0.25, 0.3) is 0 Å². The number of nitrogens with zero attached hydrogens (tertiary/aromatic N) is 1. The number of nitrogens with one attached hydrogen (secondary N) is 1. The third kappa shape index (κ3) is 2.54. The number of benzene rings is 1. The van der Waals surface area contributed by atoms with E-state index in [-0.39, 0.29) is 18.1 Å². The van der Waals surface area contributed by atoms with Gasteiger partial charge in [-0.1, -0.05) is 0 Å². The first-order valence-electron chi connectivity index (χ1n) is 4.27. The Morgan fingerprint density at radius 2 is 2.07 bits per heavy atom. The number of hydrogen-bond acceptors (Lipinski definition) is 4. The average molecular weight is 217 g/mol. The highest BCUT2D eigenvalue weighted by molar-refractivity contribution is 5.50. The molecule has 0 bridgehead atoms. The van der Waals surface area contributed by atoms with Gasteiger partial charge in [0.2, 0.25) is 0 Å². The minimum atomic E-state index is -0.613. The van der Waals surface area contributed by atoms with Crippen LogP contribution in [-0.4, -0.2) is 20.8 Å². The first kappa shape index (κ1) is 11.7. The summed E-state index contributed by atoms with van der Waals surface area (Å²) in [6.07, 6.45) is 0. The van der Waals surface area contributed by atoms with E-state index in [0.717, 1.165) is 12.1 Å². The molecule has 1 rings (SSSR count). The van der Waals surface area contributed by atoms with E-state index in [0.29, 0.717) is 0 Å². The maximum atomic E-state index is 13.4. The lowest BCUT2D eigenvalue weighted by molar-refractivity contribution is 0.383. The molecule has 0 atom stereocenters. The predicted octanol–water partition coefficient (Wildman–Crippen LogP) is 0.830. The Morgan fingerprint density at radius 3 is 2.60 bits per heavy atom. The molecular weight excluding hydrogens is 204 g/mol. The van der Waals surface area contributed by atoms with E-state index < -0.39 is 11.6 Å². The van der Waals surface area contributed by atoms with Crippen molar-refractivity contribution in [3.63, 3.8) is 0 Å². The maximum absolute atomic E-state index is 13.4. The quantitative estimate of drug-likeness (QED) is 0.445. The van der Waals surface area contributed by atoms with Crippen LogP contribution in [0.15, 0.2) is 12.1 Å². The van der Waals surface area contributed by atoms with Crippen molar-refractivity contribution in [2.75, 3.05) is 25.7 Å². The monoisotopic (exact) mass is 217 g/mol. The summed E-state index contributed by atoms with van der Waals surface area (Å²) in [5.41, 5.74) is 2.46. The molecule has 15 heavy (non-hydrogen) atoms. The lowest BCUT2D eigenvalue weighted by atomic mass is 10.2. The van der Waals surface area contributed by atoms with Gasteiger partial charge in [0.1, 0.15) is 5.82 Å². The lowest BCUT2D eigenvalue weighted by Crippen LogP contribution is -2.35. The first-order valence-corrected chi connectivity index (χ1v) is 4.27. The van der Waals surface area contributed by atoms with Crippen LogP contribution in [0, 0.1) is 11.6 Å². The zero-order chi connectivity index (χ0) is 11.4. The van der Waals surface area contributed by atoms with Crippen LogP contribution in [0.1, 0.15) is 0 Å². The largest absolute Gasteiger partial charge is 0.494 e. The molecule has 0 spiro atoms. The summed E-state index contributed by atoms with van der Waals surface area (Å²) >= 11 is 0. The highest BCUT2D eigenvalue weighted by Gasteiger charge is 2.12. The van der Waals surface area contributed by atoms with Crippen LogP contribution in [0.25, 0.3) is 0 Å². The molecule has 0 fully saturated rings. The zero-order valence-corrected chi connectivity index (χ0v) is 8.55. The number of halogens is 2. The van der Waals surface area contributed by atoms with Gasteiger partial charge >= 0.3 is 0 Å². The molecule has 0 amide bonds. The van der Waals surface area contributed by atoms with Gasteiger partial charge in [0, 0.05) is 19.2 Å². The molecular formula is C9H13F2N3O. The second kappa shape index (κ2) is 4.90. The van der Waals surface area contributed by atoms with Crippen molar-refractivity contribution in [1.29, 1.82) is 0 Å². The molecule has 0 aliphatic heterocycles. The van der Waals surface area contributed by atoms with E-state index in [1.165, 1.54) is 12.0 Å². The van der Waals surface area contributed by atoms with Gasteiger partial charge in [0.15, 0.2) is 11.6 Å². The molecule has 1 aromatic carbocycles. The lowest BCUT2D eigenvalue weighted by Gasteiger charge is -2.19. The molecule has 0 aliphatic rings. The highest BCUT2D eigenvalue weighted by Crippen LogP contribution is 2.26. The van der Waals surface area contributed by atoms with Crippen LogP contribution >= 0.6 is 0 Å². The normalized spacial score (nSPS) is 10.2. The van der Waals surface area contributed by atoms with Crippen LogP contribution in [-0.2, 0) is 0 Å². The fourth-order valence-corrected chi connectivity index (χ4v) is 1.19. The van der Waals surface area contributed by atoms with E-state index in [1.54, 1.807) is 7.05 Å². The Bertz CT molecular complexity index is 346. The fraction of sp³-hybridized carbons (Fsp3) is 0.333. The second-order valence-corrected chi connectivity index (χ2v) is 3.00. The van der Waals surface area contributed by atoms with Crippen molar-refractivity contribution in [2.45, 2.75) is 0 Å². The van der Waals surface area contributed by atoms with Crippen molar-refractivity contribution in [1.82, 2.24) is 5.43 Å². The predicted molar refractivity (Wildman–Crippen MR) is 53.5 cm³/mol. The third-order valence-corrected chi connectivity index (χ3v) is 1.96. The number of methoxy groups -OCH3 is 1. The summed E-state index contributed by atoms with van der Waals surface area (Å²) in [5, 5.41) is 0. The van der Waals surface area contributed by atoms with Gasteiger partial charge in [-0.3, -0.25) is 5.84 Å². The average Bonchev–Trinajstić information content (AvgIpc) is 2.21. The summed E-state index contributed by atoms with van der Waals surface area (Å²) in [7, 11) is 2.87. The van der Waals surface area contributed by atoms with Crippen molar-refractivity contribution < 1.29 is 13.5 Å². The number of anilines is 1. The highest BCUT2D eigenvalue weighted by atomic mass is 19.1. The molecule has 0 radical (unpaired) electrons. The molecule has 0 unspecified atom stereocenters. The minimum absolute atomic E-state index is 0.117. The van der Waals surface area contributed by atoms with Crippen LogP contribution in [0.3, 0.4) is 0 Å². The molecule has 0 saturated carbocycles. The van der Waals surface area contributed by atoms with Gasteiger partial charge in [-0.05, 0) is 0 Å². The van der Waals surface area contributed by atoms with Crippen LogP contribution < -0.4 is 20.9 Å². The molecule has 0 heterocycles. The molecule has 1 aromatic rings. The Labute approximate surface area is 86.6 Å². The van der Waals surface area contributed by atoms with E-state index in [9.17, 15) is 8.78 Å². The Kier molecular flexibility index (Phi) is 3.81. The van der Waals surface area contributed by atoms with E-state index in [2.05, 4.69) is 10.2 Å². The molecule has 0 saturated heterocycles. The molecule has 6 heteroatoms. The van der Waals surface area contributed by atoms with E-state index in [1.807, 2.05) is 0 Å². The van der Waals surface area contributed by atoms with Gasteiger partial charge in [-0.15, -0.1) is 0 Å². The Balaban J connectivity index is 3.04.